The topological polar surface area (TPSA) is 66.8 Å². The van der Waals surface area contributed by atoms with Crippen LogP contribution in [0.25, 0.3) is 0 Å². The number of hydrogen-bond acceptors (Lipinski definition) is 5. The second kappa shape index (κ2) is 6.44. The van der Waals surface area contributed by atoms with Gasteiger partial charge in [0, 0.05) is 31.3 Å². The zero-order valence-corrected chi connectivity index (χ0v) is 21.5. The number of hydrogen-bond donors (Lipinski definition) is 1. The minimum atomic E-state index is -0.535. The van der Waals surface area contributed by atoms with Gasteiger partial charge in [-0.15, -0.1) is 0 Å². The Morgan fingerprint density at radius 2 is 1.82 bits per heavy atom. The van der Waals surface area contributed by atoms with Gasteiger partial charge in [-0.2, -0.15) is 0 Å². The van der Waals surface area contributed by atoms with Crippen molar-refractivity contribution in [3.63, 3.8) is 0 Å². The highest BCUT2D eigenvalue weighted by Gasteiger charge is 2.78. The summed E-state index contributed by atoms with van der Waals surface area (Å²) >= 11 is 0. The first-order chi connectivity index (χ1) is 15.9. The fourth-order valence-electron chi connectivity index (χ4n) is 11.3. The molecule has 6 fully saturated rings. The minimum Gasteiger partial charge on any atom is -0.389 e. The molecule has 5 heteroatoms. The molecular weight excluding hydrogens is 426 g/mol. The van der Waals surface area contributed by atoms with Gasteiger partial charge in [0.2, 0.25) is 0 Å². The number of rotatable bonds is 0. The average Bonchev–Trinajstić information content (AvgIpc) is 3.00. The quantitative estimate of drug-likeness (QED) is 0.543. The van der Waals surface area contributed by atoms with Crippen LogP contribution in [0.5, 0.6) is 0 Å². The highest BCUT2D eigenvalue weighted by Crippen LogP contribution is 2.75. The second-order valence-electron chi connectivity index (χ2n) is 14.3. The van der Waals surface area contributed by atoms with E-state index in [0.29, 0.717) is 36.4 Å². The molecule has 1 spiro atoms. The predicted octanol–water partition coefficient (Wildman–Crippen LogP) is 4.13. The number of nitrogens with zero attached hydrogens (tertiary/aromatic N) is 1. The lowest BCUT2D eigenvalue weighted by atomic mass is 9.33. The van der Waals surface area contributed by atoms with E-state index in [-0.39, 0.29) is 46.0 Å². The molecule has 12 atom stereocenters. The number of aliphatic hydroxyl groups is 1. The highest BCUT2D eigenvalue weighted by atomic mass is 16.5. The van der Waals surface area contributed by atoms with Gasteiger partial charge in [0.1, 0.15) is 17.3 Å². The zero-order valence-electron chi connectivity index (χ0n) is 21.5. The van der Waals surface area contributed by atoms with Crippen LogP contribution in [-0.2, 0) is 14.3 Å². The normalized spacial score (nSPS) is 60.2. The third kappa shape index (κ3) is 2.34. The Kier molecular flexibility index (Phi) is 4.20. The third-order valence-corrected chi connectivity index (χ3v) is 12.6. The maximum atomic E-state index is 14.0. The molecule has 0 radical (unpaired) electrons. The van der Waals surface area contributed by atoms with Crippen molar-refractivity contribution < 1.29 is 19.4 Å². The fourth-order valence-corrected chi connectivity index (χ4v) is 11.3. The molecule has 0 aromatic carbocycles. The summed E-state index contributed by atoms with van der Waals surface area (Å²) in [5, 5.41) is 11.0. The van der Waals surface area contributed by atoms with Gasteiger partial charge in [-0.25, -0.2) is 0 Å². The number of ketones is 2. The van der Waals surface area contributed by atoms with Gasteiger partial charge in [-0.1, -0.05) is 39.3 Å². The van der Waals surface area contributed by atoms with E-state index < -0.39 is 11.8 Å². The van der Waals surface area contributed by atoms with Crippen LogP contribution in [0.4, 0.5) is 0 Å². The summed E-state index contributed by atoms with van der Waals surface area (Å²) in [6.07, 6.45) is 7.46. The Morgan fingerprint density at radius 1 is 1.06 bits per heavy atom. The molecule has 3 saturated heterocycles. The number of Topliss-reactive ketones (excluding diaryl/α,β-unsaturated/α-hetero) is 2. The van der Waals surface area contributed by atoms with Crippen molar-refractivity contribution in [2.45, 2.75) is 104 Å². The summed E-state index contributed by atoms with van der Waals surface area (Å²) in [4.78, 5) is 30.7. The van der Waals surface area contributed by atoms with Crippen LogP contribution in [0.1, 0.15) is 79.6 Å². The van der Waals surface area contributed by atoms with Gasteiger partial charge in [0.05, 0.1) is 18.1 Å². The number of carbonyl (C=O) groups excluding carboxylic acids is 2. The van der Waals surface area contributed by atoms with E-state index in [1.54, 1.807) is 0 Å². The monoisotopic (exact) mass is 467 g/mol. The molecule has 34 heavy (non-hydrogen) atoms. The number of piperidine rings is 1. The summed E-state index contributed by atoms with van der Waals surface area (Å²) < 4.78 is 6.80. The molecule has 0 amide bonds. The molecule has 5 nitrogen and oxygen atoms in total. The Balaban J connectivity index is 1.41. The molecule has 3 heterocycles. The predicted molar refractivity (Wildman–Crippen MR) is 128 cm³/mol. The van der Waals surface area contributed by atoms with Crippen molar-refractivity contribution in [2.24, 2.45) is 45.8 Å². The third-order valence-electron chi connectivity index (χ3n) is 12.6. The van der Waals surface area contributed by atoms with Crippen LogP contribution in [0.15, 0.2) is 11.6 Å². The lowest BCUT2D eigenvalue weighted by Crippen LogP contribution is -2.78. The van der Waals surface area contributed by atoms with Gasteiger partial charge >= 0.3 is 0 Å². The summed E-state index contributed by atoms with van der Waals surface area (Å²) in [7, 11) is 0. The number of aliphatic hydroxyl groups excluding tert-OH is 1. The summed E-state index contributed by atoms with van der Waals surface area (Å²) in [6, 6.07) is 0.313. The van der Waals surface area contributed by atoms with Crippen molar-refractivity contribution in [1.82, 2.24) is 4.90 Å². The van der Waals surface area contributed by atoms with E-state index in [2.05, 4.69) is 39.5 Å². The first-order valence-electron chi connectivity index (χ1n) is 13.8. The van der Waals surface area contributed by atoms with E-state index in [1.807, 2.05) is 6.08 Å². The fraction of sp³-hybridized carbons (Fsp3) is 0.862. The average molecular weight is 468 g/mol. The first-order valence-corrected chi connectivity index (χ1v) is 13.8. The van der Waals surface area contributed by atoms with Gasteiger partial charge in [-0.3, -0.25) is 14.5 Å². The molecule has 0 aromatic rings. The largest absolute Gasteiger partial charge is 0.389 e. The van der Waals surface area contributed by atoms with Gasteiger partial charge in [0.25, 0.3) is 0 Å². The van der Waals surface area contributed by atoms with Crippen LogP contribution in [-0.4, -0.2) is 52.1 Å². The molecule has 4 aliphatic carbocycles. The van der Waals surface area contributed by atoms with E-state index in [4.69, 9.17) is 4.74 Å². The molecule has 7 rings (SSSR count). The molecule has 0 aromatic heterocycles. The van der Waals surface area contributed by atoms with E-state index in [1.165, 1.54) is 5.57 Å². The van der Waals surface area contributed by atoms with Crippen molar-refractivity contribution in [3.05, 3.63) is 11.6 Å². The molecule has 3 saturated carbocycles. The van der Waals surface area contributed by atoms with Crippen LogP contribution in [0, 0.1) is 45.8 Å². The standard InChI is InChI=1S/C29H41NO4/c1-15-7-19-18(21(31)8-15)9-22(32)25-26(19,3)13-24-27(4)11-20(23(33)12-28(25,27)5)29-10-16(2)6-17(34-29)14-30(24)29/h8,16-21,24-25,31H,6-7,9-14H2,1-5H3/t16-,17-,18-,19+,20-,21-,24+,25-,26-,27+,28-,29+/m0/s1. The number of carbonyl (C=O) groups is 2. The highest BCUT2D eigenvalue weighted by molar-refractivity contribution is 5.89. The minimum absolute atomic E-state index is 0.00377. The zero-order chi connectivity index (χ0) is 24.0. The lowest BCUT2D eigenvalue weighted by molar-refractivity contribution is -0.291. The Bertz CT molecular complexity index is 1020. The Labute approximate surface area is 203 Å². The maximum absolute atomic E-state index is 14.0. The first kappa shape index (κ1) is 22.2. The van der Waals surface area contributed by atoms with Crippen LogP contribution < -0.4 is 0 Å². The second-order valence-corrected chi connectivity index (χ2v) is 14.3. The van der Waals surface area contributed by atoms with Gasteiger partial charge in [0.15, 0.2) is 0 Å². The smallest absolute Gasteiger partial charge is 0.140 e. The summed E-state index contributed by atoms with van der Waals surface area (Å²) in [5.41, 5.74) is 0.170. The summed E-state index contributed by atoms with van der Waals surface area (Å²) in [6.45, 7) is 12.4. The molecule has 186 valence electrons. The van der Waals surface area contributed by atoms with Crippen LogP contribution >= 0.6 is 0 Å². The van der Waals surface area contributed by atoms with Crippen molar-refractivity contribution in [2.75, 3.05) is 6.54 Å². The number of allylic oxidation sites excluding steroid dienone is 1. The molecule has 7 aliphatic rings. The Hall–Kier alpha value is -1.04. The molecule has 0 unspecified atom stereocenters. The van der Waals surface area contributed by atoms with Gasteiger partial charge in [-0.05, 0) is 73.0 Å². The molecule has 4 bridgehead atoms. The van der Waals surface area contributed by atoms with E-state index >= 15 is 0 Å². The molecular formula is C29H41NO4. The van der Waals surface area contributed by atoms with Crippen LogP contribution in [0.3, 0.4) is 0 Å². The SMILES string of the molecule is CC1=C[C@H](O)[C@H]2CC(=O)[C@H]3[C@@](C)(C[C@H]4N5C[C@@H]6C[C@H](C)C[C@@]5(O6)[C@H]5C[C@@]4(C)[C@@]3(C)CC5=O)[C@@H]2C1. The molecule has 1 N–H and O–H groups in total. The maximum Gasteiger partial charge on any atom is 0.140 e. The van der Waals surface area contributed by atoms with Crippen molar-refractivity contribution in [1.29, 1.82) is 0 Å². The lowest BCUT2D eigenvalue weighted by Gasteiger charge is -2.74. The molecule has 3 aliphatic heterocycles. The van der Waals surface area contributed by atoms with Crippen molar-refractivity contribution in [3.8, 4) is 0 Å². The number of ether oxygens (including phenoxy) is 1. The van der Waals surface area contributed by atoms with Crippen LogP contribution in [0.2, 0.25) is 0 Å². The summed E-state index contributed by atoms with van der Waals surface area (Å²) in [5.74, 6) is 1.32. The van der Waals surface area contributed by atoms with Gasteiger partial charge < -0.3 is 9.84 Å². The van der Waals surface area contributed by atoms with E-state index in [9.17, 15) is 14.7 Å². The van der Waals surface area contributed by atoms with Crippen molar-refractivity contribution >= 4 is 11.6 Å². The van der Waals surface area contributed by atoms with E-state index in [0.717, 1.165) is 38.6 Å². The Morgan fingerprint density at radius 3 is 2.59 bits per heavy atom. The number of fused-ring (bicyclic) bond motifs is 7.